The molecule has 1 aromatic heterocycles. The number of benzene rings is 1. The second-order valence-electron chi connectivity index (χ2n) is 8.69. The molecule has 2 heterocycles. The molecule has 4 rings (SSSR count). The smallest absolute Gasteiger partial charge is 0.268 e. The summed E-state index contributed by atoms with van der Waals surface area (Å²) in [5, 5.41) is 11.3. The molecule has 2 aromatic rings. The lowest BCUT2D eigenvalue weighted by molar-refractivity contribution is -0.129. The van der Waals surface area contributed by atoms with Gasteiger partial charge in [-0.15, -0.1) is 0 Å². The van der Waals surface area contributed by atoms with E-state index in [9.17, 15) is 14.0 Å². The lowest BCUT2D eigenvalue weighted by Gasteiger charge is -2.31. The van der Waals surface area contributed by atoms with Crippen LogP contribution in [0, 0.1) is 5.82 Å². The van der Waals surface area contributed by atoms with Crippen LogP contribution in [0.25, 0.3) is 0 Å². The molecule has 184 valence electrons. The van der Waals surface area contributed by atoms with Gasteiger partial charge in [-0.05, 0) is 63.5 Å². The molecule has 0 radical (unpaired) electrons. The summed E-state index contributed by atoms with van der Waals surface area (Å²) in [5.74, 6) is 0.139. The van der Waals surface area contributed by atoms with Crippen LogP contribution in [-0.2, 0) is 14.3 Å². The maximum Gasteiger partial charge on any atom is 0.268 e. The van der Waals surface area contributed by atoms with Crippen LogP contribution in [0.2, 0.25) is 0 Å². The van der Waals surface area contributed by atoms with E-state index in [-0.39, 0.29) is 30.2 Å². The molecular formula is C24H27FN6O4. The predicted octanol–water partition coefficient (Wildman–Crippen LogP) is 3.60. The van der Waals surface area contributed by atoms with E-state index in [1.165, 1.54) is 0 Å². The third-order valence-electron chi connectivity index (χ3n) is 5.55. The van der Waals surface area contributed by atoms with E-state index < -0.39 is 11.4 Å². The van der Waals surface area contributed by atoms with E-state index >= 15 is 0 Å². The molecule has 1 aliphatic heterocycles. The van der Waals surface area contributed by atoms with Gasteiger partial charge in [-0.3, -0.25) is 9.59 Å². The van der Waals surface area contributed by atoms with E-state index in [4.69, 9.17) is 9.47 Å². The molecule has 4 N–H and O–H groups in total. The topological polar surface area (TPSA) is 126 Å². The average Bonchev–Trinajstić information content (AvgIpc) is 2.82. The first-order chi connectivity index (χ1) is 16.6. The lowest BCUT2D eigenvalue weighted by Crippen LogP contribution is -2.45. The van der Waals surface area contributed by atoms with Crippen molar-refractivity contribution in [1.29, 1.82) is 0 Å². The highest BCUT2D eigenvalue weighted by Crippen LogP contribution is 2.36. The van der Waals surface area contributed by atoms with E-state index in [0.717, 1.165) is 23.9 Å². The zero-order valence-electron chi connectivity index (χ0n) is 19.9. The fourth-order valence-electron chi connectivity index (χ4n) is 3.46. The second kappa shape index (κ2) is 9.61. The Bertz CT molecular complexity index is 1240. The van der Waals surface area contributed by atoms with E-state index in [1.54, 1.807) is 45.2 Å². The number of allylic oxidation sites excluding steroid dienone is 3. The second-order valence-corrected chi connectivity index (χ2v) is 8.69. The zero-order chi connectivity index (χ0) is 25.2. The van der Waals surface area contributed by atoms with Crippen LogP contribution in [0.3, 0.4) is 0 Å². The van der Waals surface area contributed by atoms with Gasteiger partial charge in [0.25, 0.3) is 11.8 Å². The molecule has 0 spiro atoms. The molecule has 0 unspecified atom stereocenters. The molecule has 10 nitrogen and oxygen atoms in total. The van der Waals surface area contributed by atoms with Gasteiger partial charge in [-0.2, -0.15) is 4.98 Å². The van der Waals surface area contributed by atoms with Crippen LogP contribution in [0.15, 0.2) is 47.5 Å². The number of halogens is 1. The van der Waals surface area contributed by atoms with E-state index in [0.29, 0.717) is 29.3 Å². The number of carbonyl (C=O) groups is 2. The minimum Gasteiger partial charge on any atom is -0.484 e. The van der Waals surface area contributed by atoms with Crippen molar-refractivity contribution in [2.75, 3.05) is 29.6 Å². The quantitative estimate of drug-likeness (QED) is 0.472. The monoisotopic (exact) mass is 482 g/mol. The first-order valence-corrected chi connectivity index (χ1v) is 11.1. The SMILES string of the molecule is CNC(=O)COC1=C(C)CCC(Nc2ncc(F)c(Nc3ccc4c(c3)NC(=O)C(C)(C)O4)n2)=C1. The molecule has 2 amide bonds. The first-order valence-electron chi connectivity index (χ1n) is 11.1. The molecule has 0 saturated carbocycles. The maximum absolute atomic E-state index is 14.5. The number of hydrogen-bond acceptors (Lipinski definition) is 8. The van der Waals surface area contributed by atoms with E-state index in [2.05, 4.69) is 31.2 Å². The highest BCUT2D eigenvalue weighted by Gasteiger charge is 2.35. The van der Waals surface area contributed by atoms with Crippen LogP contribution in [0.1, 0.15) is 33.6 Å². The van der Waals surface area contributed by atoms with Crippen molar-refractivity contribution in [3.8, 4) is 5.75 Å². The number of rotatable bonds is 7. The van der Waals surface area contributed by atoms with E-state index in [1.807, 2.05) is 6.92 Å². The summed E-state index contributed by atoms with van der Waals surface area (Å²) < 4.78 is 25.8. The number of anilines is 4. The van der Waals surface area contributed by atoms with Crippen LogP contribution in [0.4, 0.5) is 27.5 Å². The van der Waals surface area contributed by atoms with Crippen molar-refractivity contribution in [1.82, 2.24) is 15.3 Å². The van der Waals surface area contributed by atoms with Gasteiger partial charge in [0, 0.05) is 18.4 Å². The van der Waals surface area contributed by atoms with Crippen LogP contribution < -0.4 is 26.0 Å². The van der Waals surface area contributed by atoms with Crippen molar-refractivity contribution in [3.05, 3.63) is 53.3 Å². The summed E-state index contributed by atoms with van der Waals surface area (Å²) in [7, 11) is 1.54. The number of amides is 2. The van der Waals surface area contributed by atoms with Gasteiger partial charge in [0.15, 0.2) is 23.8 Å². The van der Waals surface area contributed by atoms with Crippen molar-refractivity contribution in [2.45, 2.75) is 39.2 Å². The predicted molar refractivity (Wildman–Crippen MR) is 129 cm³/mol. The Morgan fingerprint density at radius 1 is 1.29 bits per heavy atom. The largest absolute Gasteiger partial charge is 0.484 e. The van der Waals surface area contributed by atoms with Gasteiger partial charge >= 0.3 is 0 Å². The fraction of sp³-hybridized carbons (Fsp3) is 0.333. The molecule has 1 aliphatic carbocycles. The lowest BCUT2D eigenvalue weighted by atomic mass is 10.0. The van der Waals surface area contributed by atoms with Gasteiger partial charge < -0.3 is 30.7 Å². The zero-order valence-corrected chi connectivity index (χ0v) is 19.9. The number of ether oxygens (including phenoxy) is 2. The Morgan fingerprint density at radius 2 is 2.09 bits per heavy atom. The third kappa shape index (κ3) is 5.51. The molecule has 0 fully saturated rings. The Kier molecular flexibility index (Phi) is 6.59. The van der Waals surface area contributed by atoms with Crippen LogP contribution >= 0.6 is 0 Å². The minimum absolute atomic E-state index is 0.0370. The standard InChI is InChI=1S/C24H27FN6O4/c1-13-5-6-15(10-19(13)34-12-20(32)26-4)29-23-27-11-16(25)21(31-23)28-14-7-8-18-17(9-14)30-22(33)24(2,3)35-18/h7-11H,5-6,12H2,1-4H3,(H,26,32)(H,30,33)(H2,27,28,29,31). The summed E-state index contributed by atoms with van der Waals surface area (Å²) >= 11 is 0. The summed E-state index contributed by atoms with van der Waals surface area (Å²) in [6, 6.07) is 5.04. The van der Waals surface area contributed by atoms with Gasteiger partial charge in [0.2, 0.25) is 5.95 Å². The number of carbonyl (C=O) groups excluding carboxylic acids is 2. The van der Waals surface area contributed by atoms with Crippen LogP contribution in [-0.4, -0.2) is 41.0 Å². The molecular weight excluding hydrogens is 455 g/mol. The van der Waals surface area contributed by atoms with Gasteiger partial charge in [-0.1, -0.05) is 0 Å². The fourth-order valence-corrected chi connectivity index (χ4v) is 3.46. The number of hydrogen-bond donors (Lipinski definition) is 4. The Hall–Kier alpha value is -4.15. The third-order valence-corrected chi connectivity index (χ3v) is 5.55. The maximum atomic E-state index is 14.5. The van der Waals surface area contributed by atoms with Gasteiger partial charge in [0.05, 0.1) is 11.9 Å². The average molecular weight is 483 g/mol. The molecule has 0 bridgehead atoms. The molecule has 0 atom stereocenters. The van der Waals surface area contributed by atoms with Gasteiger partial charge in [-0.25, -0.2) is 9.37 Å². The number of nitrogens with zero attached hydrogens (tertiary/aromatic N) is 2. The number of fused-ring (bicyclic) bond motifs is 1. The number of likely N-dealkylation sites (N-methyl/N-ethyl adjacent to an activating group) is 1. The molecule has 2 aliphatic rings. The van der Waals surface area contributed by atoms with Crippen molar-refractivity contribution < 1.29 is 23.5 Å². The minimum atomic E-state index is -0.976. The molecule has 35 heavy (non-hydrogen) atoms. The normalized spacial score (nSPS) is 16.4. The number of aromatic nitrogens is 2. The number of nitrogens with one attached hydrogen (secondary N) is 4. The highest BCUT2D eigenvalue weighted by molar-refractivity contribution is 6.00. The first kappa shape index (κ1) is 24.0. The summed E-state index contributed by atoms with van der Waals surface area (Å²) in [6.07, 6.45) is 4.27. The molecule has 0 saturated heterocycles. The highest BCUT2D eigenvalue weighted by atomic mass is 19.1. The van der Waals surface area contributed by atoms with Crippen molar-refractivity contribution in [2.24, 2.45) is 0 Å². The van der Waals surface area contributed by atoms with Crippen molar-refractivity contribution >= 4 is 35.0 Å². The Labute approximate surface area is 202 Å². The van der Waals surface area contributed by atoms with Crippen LogP contribution in [0.5, 0.6) is 5.75 Å². The Balaban J connectivity index is 1.49. The van der Waals surface area contributed by atoms with Crippen molar-refractivity contribution in [3.63, 3.8) is 0 Å². The Morgan fingerprint density at radius 3 is 2.86 bits per heavy atom. The summed E-state index contributed by atoms with van der Waals surface area (Å²) in [4.78, 5) is 32.0. The molecule has 1 aromatic carbocycles. The van der Waals surface area contributed by atoms with Gasteiger partial charge in [0.1, 0.15) is 11.5 Å². The summed E-state index contributed by atoms with van der Waals surface area (Å²) in [5.41, 5.74) is 1.81. The summed E-state index contributed by atoms with van der Waals surface area (Å²) in [6.45, 7) is 5.21. The molecule has 11 heteroatoms.